The molecule has 0 aliphatic heterocycles. The highest BCUT2D eigenvalue weighted by Crippen LogP contribution is 1.95. The maximum atomic E-state index is 8.37. The standard InChI is InChI=1S/C8H13N3/c1-2-8(4-6-10)11-7-3-5-9/h8,11H,2-4,7H2,1H3. The van der Waals surface area contributed by atoms with Crippen LogP contribution < -0.4 is 5.32 Å². The van der Waals surface area contributed by atoms with E-state index in [0.29, 0.717) is 19.4 Å². The van der Waals surface area contributed by atoms with Gasteiger partial charge >= 0.3 is 0 Å². The molecular formula is C8H13N3. The quantitative estimate of drug-likeness (QED) is 0.600. The number of nitrogens with one attached hydrogen (secondary N) is 1. The highest BCUT2D eigenvalue weighted by molar-refractivity contribution is 4.81. The maximum Gasteiger partial charge on any atom is 0.0638 e. The molecule has 0 rings (SSSR count). The first-order chi connectivity index (χ1) is 5.35. The summed E-state index contributed by atoms with van der Waals surface area (Å²) in [6.07, 6.45) is 1.99. The van der Waals surface area contributed by atoms with Crippen LogP contribution in [0.3, 0.4) is 0 Å². The van der Waals surface area contributed by atoms with E-state index in [4.69, 9.17) is 10.5 Å². The van der Waals surface area contributed by atoms with Crippen LogP contribution in [-0.2, 0) is 0 Å². The van der Waals surface area contributed by atoms with Gasteiger partial charge in [0.05, 0.1) is 18.6 Å². The number of hydrogen-bond donors (Lipinski definition) is 1. The first-order valence-corrected chi connectivity index (χ1v) is 3.82. The molecule has 0 radical (unpaired) electrons. The van der Waals surface area contributed by atoms with E-state index in [1.165, 1.54) is 0 Å². The lowest BCUT2D eigenvalue weighted by Gasteiger charge is -2.10. The Hall–Kier alpha value is -1.06. The van der Waals surface area contributed by atoms with E-state index < -0.39 is 0 Å². The van der Waals surface area contributed by atoms with E-state index in [1.54, 1.807) is 0 Å². The normalized spacial score (nSPS) is 11.5. The molecule has 3 nitrogen and oxygen atoms in total. The van der Waals surface area contributed by atoms with Crippen LogP contribution in [0.5, 0.6) is 0 Å². The first-order valence-electron chi connectivity index (χ1n) is 3.82. The number of rotatable bonds is 5. The van der Waals surface area contributed by atoms with Crippen molar-refractivity contribution in [2.24, 2.45) is 0 Å². The maximum absolute atomic E-state index is 8.37. The predicted octanol–water partition coefficient (Wildman–Crippen LogP) is 1.18. The Morgan fingerprint density at radius 2 is 2.09 bits per heavy atom. The molecule has 0 aromatic carbocycles. The van der Waals surface area contributed by atoms with Crippen LogP contribution in [0.1, 0.15) is 26.2 Å². The Morgan fingerprint density at radius 1 is 1.36 bits per heavy atom. The summed E-state index contributed by atoms with van der Waals surface area (Å²) in [5.41, 5.74) is 0. The minimum absolute atomic E-state index is 0.258. The van der Waals surface area contributed by atoms with Gasteiger partial charge in [0, 0.05) is 19.0 Å². The minimum atomic E-state index is 0.258. The van der Waals surface area contributed by atoms with E-state index in [0.717, 1.165) is 6.42 Å². The van der Waals surface area contributed by atoms with Gasteiger partial charge in [0.15, 0.2) is 0 Å². The molecule has 0 aromatic heterocycles. The van der Waals surface area contributed by atoms with Crippen molar-refractivity contribution in [2.45, 2.75) is 32.2 Å². The molecule has 11 heavy (non-hydrogen) atoms. The van der Waals surface area contributed by atoms with Crippen LogP contribution in [0.4, 0.5) is 0 Å². The zero-order valence-corrected chi connectivity index (χ0v) is 6.80. The summed E-state index contributed by atoms with van der Waals surface area (Å²) in [7, 11) is 0. The molecule has 0 aliphatic rings. The fourth-order valence-corrected chi connectivity index (χ4v) is 0.803. The molecule has 0 heterocycles. The summed E-state index contributed by atoms with van der Waals surface area (Å²) < 4.78 is 0. The van der Waals surface area contributed by atoms with E-state index in [9.17, 15) is 0 Å². The Balaban J connectivity index is 3.39. The van der Waals surface area contributed by atoms with Crippen molar-refractivity contribution in [3.05, 3.63) is 0 Å². The van der Waals surface area contributed by atoms with Crippen LogP contribution in [0.2, 0.25) is 0 Å². The molecule has 60 valence electrons. The summed E-state index contributed by atoms with van der Waals surface area (Å²) in [4.78, 5) is 0. The van der Waals surface area contributed by atoms with Gasteiger partial charge in [-0.15, -0.1) is 0 Å². The number of nitriles is 2. The molecule has 3 heteroatoms. The molecule has 1 unspecified atom stereocenters. The van der Waals surface area contributed by atoms with Crippen LogP contribution in [0.15, 0.2) is 0 Å². The molecule has 0 fully saturated rings. The smallest absolute Gasteiger partial charge is 0.0638 e. The van der Waals surface area contributed by atoms with Crippen molar-refractivity contribution in [1.29, 1.82) is 10.5 Å². The lowest BCUT2D eigenvalue weighted by molar-refractivity contribution is 0.512. The SMILES string of the molecule is CCC(CC#N)NCCC#N. The zero-order valence-electron chi connectivity index (χ0n) is 6.80. The van der Waals surface area contributed by atoms with Gasteiger partial charge in [0.2, 0.25) is 0 Å². The molecule has 0 aromatic rings. The third-order valence-electron chi connectivity index (χ3n) is 1.50. The van der Waals surface area contributed by atoms with Crippen LogP contribution in [-0.4, -0.2) is 12.6 Å². The number of nitrogens with zero attached hydrogens (tertiary/aromatic N) is 2. The lowest BCUT2D eigenvalue weighted by atomic mass is 10.1. The average molecular weight is 151 g/mol. The van der Waals surface area contributed by atoms with E-state index in [-0.39, 0.29) is 6.04 Å². The molecule has 0 saturated heterocycles. The molecule has 0 amide bonds. The molecule has 1 N–H and O–H groups in total. The number of hydrogen-bond acceptors (Lipinski definition) is 3. The van der Waals surface area contributed by atoms with Crippen LogP contribution >= 0.6 is 0 Å². The minimum Gasteiger partial charge on any atom is -0.312 e. The highest BCUT2D eigenvalue weighted by atomic mass is 14.9. The summed E-state index contributed by atoms with van der Waals surface area (Å²) >= 11 is 0. The Labute approximate surface area is 67.6 Å². The third-order valence-corrected chi connectivity index (χ3v) is 1.50. The van der Waals surface area contributed by atoms with Gasteiger partial charge in [0.1, 0.15) is 0 Å². The topological polar surface area (TPSA) is 59.6 Å². The van der Waals surface area contributed by atoms with Gasteiger partial charge in [-0.2, -0.15) is 10.5 Å². The lowest BCUT2D eigenvalue weighted by Crippen LogP contribution is -2.28. The largest absolute Gasteiger partial charge is 0.312 e. The van der Waals surface area contributed by atoms with Crippen molar-refractivity contribution in [1.82, 2.24) is 5.32 Å². The highest BCUT2D eigenvalue weighted by Gasteiger charge is 2.02. The van der Waals surface area contributed by atoms with Crippen molar-refractivity contribution < 1.29 is 0 Å². The Morgan fingerprint density at radius 3 is 2.55 bits per heavy atom. The van der Waals surface area contributed by atoms with Gasteiger partial charge in [-0.1, -0.05) is 6.92 Å². The average Bonchev–Trinajstić information content (AvgIpc) is 2.03. The van der Waals surface area contributed by atoms with Crippen molar-refractivity contribution in [3.8, 4) is 12.1 Å². The molecule has 0 spiro atoms. The monoisotopic (exact) mass is 151 g/mol. The van der Waals surface area contributed by atoms with E-state index in [2.05, 4.69) is 11.4 Å². The van der Waals surface area contributed by atoms with Gasteiger partial charge in [-0.3, -0.25) is 0 Å². The van der Waals surface area contributed by atoms with Crippen molar-refractivity contribution in [3.63, 3.8) is 0 Å². The third kappa shape index (κ3) is 5.39. The summed E-state index contributed by atoms with van der Waals surface area (Å²) in [5, 5.41) is 19.7. The summed E-state index contributed by atoms with van der Waals surface area (Å²) in [6, 6.07) is 4.40. The fourth-order valence-electron chi connectivity index (χ4n) is 0.803. The van der Waals surface area contributed by atoms with E-state index in [1.807, 2.05) is 13.0 Å². The van der Waals surface area contributed by atoms with Crippen LogP contribution in [0.25, 0.3) is 0 Å². The van der Waals surface area contributed by atoms with Gasteiger partial charge in [-0.25, -0.2) is 0 Å². The van der Waals surface area contributed by atoms with Crippen molar-refractivity contribution >= 4 is 0 Å². The molecule has 0 bridgehead atoms. The van der Waals surface area contributed by atoms with Gasteiger partial charge in [-0.05, 0) is 6.42 Å². The summed E-state index contributed by atoms with van der Waals surface area (Å²) in [5.74, 6) is 0. The van der Waals surface area contributed by atoms with E-state index >= 15 is 0 Å². The fraction of sp³-hybridized carbons (Fsp3) is 0.750. The molecule has 0 saturated carbocycles. The Kier molecular flexibility index (Phi) is 6.37. The second-order valence-electron chi connectivity index (χ2n) is 2.33. The van der Waals surface area contributed by atoms with Crippen LogP contribution in [0, 0.1) is 22.7 Å². The van der Waals surface area contributed by atoms with Crippen molar-refractivity contribution in [2.75, 3.05) is 6.54 Å². The second-order valence-corrected chi connectivity index (χ2v) is 2.33. The molecule has 1 atom stereocenters. The predicted molar refractivity (Wildman–Crippen MR) is 42.5 cm³/mol. The molecular weight excluding hydrogens is 138 g/mol. The zero-order chi connectivity index (χ0) is 8.53. The molecule has 0 aliphatic carbocycles. The van der Waals surface area contributed by atoms with Gasteiger partial charge in [0.25, 0.3) is 0 Å². The van der Waals surface area contributed by atoms with Gasteiger partial charge < -0.3 is 5.32 Å². The summed E-state index contributed by atoms with van der Waals surface area (Å²) in [6.45, 7) is 2.72. The Bertz CT molecular complexity index is 163. The second kappa shape index (κ2) is 7.05. The first kappa shape index (κ1) is 9.94.